The number of nitrogens with one attached hydrogen (secondary N) is 8. The van der Waals surface area contributed by atoms with Gasteiger partial charge in [0.05, 0.1) is 61.6 Å². The second-order valence-corrected chi connectivity index (χ2v) is 27.5. The lowest BCUT2D eigenvalue weighted by atomic mass is 9.90. The van der Waals surface area contributed by atoms with Crippen LogP contribution in [0.1, 0.15) is 142 Å². The monoisotopic (exact) mass is 1380 g/mol. The molecule has 7 heterocycles. The van der Waals surface area contributed by atoms with Crippen LogP contribution in [0.2, 0.25) is 5.02 Å². The van der Waals surface area contributed by atoms with Gasteiger partial charge in [-0.05, 0) is 145 Å². The highest BCUT2D eigenvalue weighted by Gasteiger charge is 2.33. The zero-order chi connectivity index (χ0) is 71.3. The van der Waals surface area contributed by atoms with Crippen molar-refractivity contribution in [2.45, 2.75) is 104 Å². The first-order chi connectivity index (χ1) is 48.6. The van der Waals surface area contributed by atoms with Crippen LogP contribution < -0.4 is 61.5 Å². The fraction of sp³-hybridized carbons (Fsp3) is 0.300. The van der Waals surface area contributed by atoms with Crippen molar-refractivity contribution < 1.29 is 42.5 Å². The average Bonchev–Trinajstić information content (AvgIpc) is 1.70. The highest BCUT2D eigenvalue weighted by Crippen LogP contribution is 2.34. The van der Waals surface area contributed by atoms with E-state index in [1.54, 1.807) is 36.5 Å². The van der Waals surface area contributed by atoms with Crippen molar-refractivity contribution in [3.8, 4) is 23.0 Å². The van der Waals surface area contributed by atoms with E-state index in [0.717, 1.165) is 87.4 Å². The Balaban J connectivity index is 0.000000136. The van der Waals surface area contributed by atoms with E-state index in [4.69, 9.17) is 30.5 Å². The van der Waals surface area contributed by atoms with E-state index in [9.17, 15) is 23.6 Å². The van der Waals surface area contributed by atoms with E-state index in [1.165, 1.54) is 12.1 Å². The number of amides is 4. The molecule has 0 radical (unpaired) electrons. The first kappa shape index (κ1) is 72.0. The van der Waals surface area contributed by atoms with Gasteiger partial charge in [0.15, 0.2) is 0 Å². The van der Waals surface area contributed by atoms with Gasteiger partial charge in [-0.3, -0.25) is 24.2 Å². The van der Waals surface area contributed by atoms with Gasteiger partial charge >= 0.3 is 0 Å². The molecule has 4 aliphatic rings. The molecule has 4 aliphatic heterocycles. The molecule has 0 saturated carbocycles. The maximum absolute atomic E-state index is 13.1. The zero-order valence-electron chi connectivity index (χ0n) is 58.2. The molecule has 8 N–H and O–H groups in total. The normalized spacial score (nSPS) is 14.3. The highest BCUT2D eigenvalue weighted by molar-refractivity contribution is 6.30. The van der Waals surface area contributed by atoms with Crippen molar-refractivity contribution in [1.82, 2.24) is 56.9 Å². The van der Waals surface area contributed by atoms with E-state index >= 15 is 0 Å². The molecule has 19 nitrogen and oxygen atoms in total. The molecule has 21 heteroatoms. The molecule has 7 aromatic carbocycles. The molecule has 3 aromatic heterocycles. The summed E-state index contributed by atoms with van der Waals surface area (Å²) in [6.45, 7) is 23.7. The van der Waals surface area contributed by atoms with Gasteiger partial charge in [0.1, 0.15) is 61.1 Å². The molecule has 0 unspecified atom stereocenters. The molecule has 0 aliphatic carbocycles. The zero-order valence-corrected chi connectivity index (χ0v) is 59.0. The lowest BCUT2D eigenvalue weighted by Crippen LogP contribution is -2.42. The molecule has 524 valence electrons. The molecule has 4 amide bonds. The number of fused-ring (bicyclic) bond motifs is 6. The van der Waals surface area contributed by atoms with Gasteiger partial charge in [-0.25, -0.2) is 9.37 Å². The Bertz CT molecular complexity index is 4460. The Morgan fingerprint density at radius 2 is 0.832 bits per heavy atom. The number of benzene rings is 7. The lowest BCUT2D eigenvalue weighted by molar-refractivity contribution is 0.0895. The minimum atomic E-state index is -0.642. The third-order valence-corrected chi connectivity index (χ3v) is 18.1. The smallest absolute Gasteiger partial charge is 0.255 e. The molecular weight excluding hydrogens is 1300 g/mol. The summed E-state index contributed by atoms with van der Waals surface area (Å²) in [6.07, 6.45) is 5.55. The second-order valence-electron chi connectivity index (χ2n) is 27.1. The Kier molecular flexibility index (Phi) is 22.8. The van der Waals surface area contributed by atoms with Crippen LogP contribution >= 0.6 is 11.6 Å². The van der Waals surface area contributed by atoms with Crippen LogP contribution in [-0.2, 0) is 48.3 Å². The molecule has 14 rings (SSSR count). The van der Waals surface area contributed by atoms with Gasteiger partial charge < -0.3 is 65.9 Å². The molecule has 0 saturated heterocycles. The Labute approximate surface area is 593 Å². The van der Waals surface area contributed by atoms with Gasteiger partial charge in [0, 0.05) is 97.4 Å². The number of ether oxygens (including phenoxy) is 4. The number of rotatable bonds is 12. The summed E-state index contributed by atoms with van der Waals surface area (Å²) in [5.74, 6) is 2.48. The topological polar surface area (TPSA) is 232 Å². The van der Waals surface area contributed by atoms with E-state index in [1.807, 2.05) is 200 Å². The fourth-order valence-corrected chi connectivity index (χ4v) is 12.7. The largest absolute Gasteiger partial charge is 0.491 e. The highest BCUT2D eigenvalue weighted by atomic mass is 35.5. The minimum absolute atomic E-state index is 0.139. The van der Waals surface area contributed by atoms with Crippen LogP contribution in [0.4, 0.5) is 4.39 Å². The molecule has 0 bridgehead atoms. The predicted octanol–water partition coefficient (Wildman–Crippen LogP) is 12.3. The summed E-state index contributed by atoms with van der Waals surface area (Å²) in [4.78, 5) is 60.7. The van der Waals surface area contributed by atoms with Crippen molar-refractivity contribution in [3.63, 3.8) is 0 Å². The number of nitrogens with zero attached hydrogens (tertiary/aromatic N) is 3. The number of aromatic nitrogens is 3. The van der Waals surface area contributed by atoms with Crippen molar-refractivity contribution in [3.05, 3.63) is 266 Å². The second kappa shape index (κ2) is 32.0. The summed E-state index contributed by atoms with van der Waals surface area (Å²) in [5.41, 5.74) is 8.61. The Morgan fingerprint density at radius 1 is 0.436 bits per heavy atom. The number of hydrogen-bond donors (Lipinski definition) is 8. The van der Waals surface area contributed by atoms with E-state index < -0.39 is 22.2 Å². The first-order valence-corrected chi connectivity index (χ1v) is 34.4. The van der Waals surface area contributed by atoms with E-state index in [-0.39, 0.29) is 29.4 Å². The van der Waals surface area contributed by atoms with Crippen LogP contribution in [0.5, 0.6) is 23.0 Å². The minimum Gasteiger partial charge on any atom is -0.491 e. The lowest BCUT2D eigenvalue weighted by Gasteiger charge is -2.28. The summed E-state index contributed by atoms with van der Waals surface area (Å²) in [7, 11) is 0. The molecule has 101 heavy (non-hydrogen) atoms. The summed E-state index contributed by atoms with van der Waals surface area (Å²) >= 11 is 5.95. The van der Waals surface area contributed by atoms with Crippen molar-refractivity contribution in [2.75, 3.05) is 52.6 Å². The molecule has 0 fully saturated rings. The summed E-state index contributed by atoms with van der Waals surface area (Å²) in [5, 5.41) is 27.3. The number of hydrogen-bond acceptors (Lipinski definition) is 14. The van der Waals surface area contributed by atoms with Crippen LogP contribution in [0.15, 0.2) is 188 Å². The predicted molar refractivity (Wildman–Crippen MR) is 391 cm³/mol. The number of imidazole rings is 1. The standard InChI is InChI=1S/C22H23N3O2.C20H22N4O2.C19H21ClN2O2.C19H21FN2O2/c1-22(2,18-9-4-10-19-16(18)8-5-11-24-19)25-21(26)17-7-3-6-15-14-23-12-13-27-20(15)17;1-20(2,19-22-13-15-7-3-4-10-24(15)19)23-18(25)16-8-5-6-14-12-21-9-11-26-17(14)16;2*1-19(2,14-6-8-15(20)9-7-14)22-18(23)16-5-3-4-13-12-21-10-11-24-17(13)16/h3-11,23H,12-14H2,1-2H3,(H,25,26);3-8,10,13,21H,9,11-12H2,1-2H3,(H,23,25);2*3-9,21H,10-12H2,1-2H3,(H,22,23). The summed E-state index contributed by atoms with van der Waals surface area (Å²) < 4.78 is 38.4. The van der Waals surface area contributed by atoms with Gasteiger partial charge in [-0.1, -0.05) is 109 Å². The third-order valence-electron chi connectivity index (χ3n) is 17.9. The first-order valence-electron chi connectivity index (χ1n) is 34.0. The molecule has 10 aromatic rings. The van der Waals surface area contributed by atoms with Gasteiger partial charge in [0.25, 0.3) is 23.6 Å². The van der Waals surface area contributed by atoms with Crippen LogP contribution in [-0.4, -0.2) is 90.6 Å². The van der Waals surface area contributed by atoms with Crippen molar-refractivity contribution in [2.24, 2.45) is 0 Å². The van der Waals surface area contributed by atoms with Crippen LogP contribution in [0, 0.1) is 5.82 Å². The van der Waals surface area contributed by atoms with Crippen molar-refractivity contribution >= 4 is 51.6 Å². The van der Waals surface area contributed by atoms with Crippen molar-refractivity contribution in [1.29, 1.82) is 0 Å². The quantitative estimate of drug-likeness (QED) is 0.0569. The molecule has 0 spiro atoms. The maximum atomic E-state index is 13.1. The number of para-hydroxylation sites is 4. The van der Waals surface area contributed by atoms with E-state index in [0.29, 0.717) is 103 Å². The SMILES string of the molecule is CC(C)(NC(=O)c1cccc2c1OCCNC2)c1ccc(Cl)cc1.CC(C)(NC(=O)c1cccc2c1OCCNC2)c1ccc(F)cc1.CC(C)(NC(=O)c1cccc2c1OCCNC2)c1cccc2ncccc12.CC(C)(NC(=O)c1cccc2c1OCCNC2)c1ncc2ccccn12. The van der Waals surface area contributed by atoms with Gasteiger partial charge in [-0.2, -0.15) is 0 Å². The van der Waals surface area contributed by atoms with E-state index in [2.05, 4.69) is 52.5 Å². The number of halogens is 2. The van der Waals surface area contributed by atoms with Crippen LogP contribution in [0.25, 0.3) is 16.4 Å². The third kappa shape index (κ3) is 17.5. The van der Waals surface area contributed by atoms with Gasteiger partial charge in [-0.15, -0.1) is 0 Å². The molecule has 0 atom stereocenters. The maximum Gasteiger partial charge on any atom is 0.255 e. The number of pyridine rings is 2. The summed E-state index contributed by atoms with van der Waals surface area (Å²) in [6, 6.07) is 52.2. The number of carbonyl (C=O) groups is 4. The Hall–Kier alpha value is -10.2. The van der Waals surface area contributed by atoms with Crippen LogP contribution in [0.3, 0.4) is 0 Å². The molecular formula is C80H87ClFN11O8. The Morgan fingerprint density at radius 3 is 1.27 bits per heavy atom. The average molecular weight is 1390 g/mol. The van der Waals surface area contributed by atoms with Gasteiger partial charge in [0.2, 0.25) is 0 Å². The number of carbonyl (C=O) groups excluding carboxylic acids is 4. The fourth-order valence-electron chi connectivity index (χ4n) is 12.5.